The maximum Gasteiger partial charge on any atom is 0.229 e. The summed E-state index contributed by atoms with van der Waals surface area (Å²) in [5, 5.41) is 8.88. The van der Waals surface area contributed by atoms with Gasteiger partial charge in [-0.15, -0.1) is 12.4 Å². The van der Waals surface area contributed by atoms with Gasteiger partial charge in [-0.2, -0.15) is 11.8 Å². The van der Waals surface area contributed by atoms with Gasteiger partial charge in [0.05, 0.1) is 5.75 Å². The lowest BCUT2D eigenvalue weighted by molar-refractivity contribution is -0.119. The monoisotopic (exact) mass is 340 g/mol. The lowest BCUT2D eigenvalue weighted by Crippen LogP contribution is -2.28. The molecule has 8 heteroatoms. The summed E-state index contributed by atoms with van der Waals surface area (Å²) in [4.78, 5) is 22.1. The Hall–Kier alpha value is -0.500. The Labute approximate surface area is 138 Å². The van der Waals surface area contributed by atoms with Crippen molar-refractivity contribution in [1.29, 1.82) is 0 Å². The van der Waals surface area contributed by atoms with Crippen LogP contribution in [0.25, 0.3) is 0 Å². The predicted octanol–water partition coefficient (Wildman–Crippen LogP) is 0.112. The van der Waals surface area contributed by atoms with Crippen molar-refractivity contribution in [1.82, 2.24) is 16.0 Å². The molecule has 0 atom stereocenters. The zero-order valence-corrected chi connectivity index (χ0v) is 14.4. The Balaban J connectivity index is 0. The SMILES string of the molecule is CC(=O)NCCSCC(=O)NCCCCNCCCN.Cl. The van der Waals surface area contributed by atoms with Crippen LogP contribution in [0, 0.1) is 0 Å². The third-order valence-electron chi connectivity index (χ3n) is 2.51. The highest BCUT2D eigenvalue weighted by Crippen LogP contribution is 1.97. The first-order valence-electron chi connectivity index (χ1n) is 7.16. The van der Waals surface area contributed by atoms with Gasteiger partial charge in [0.2, 0.25) is 11.8 Å². The van der Waals surface area contributed by atoms with E-state index in [0.29, 0.717) is 12.3 Å². The van der Waals surface area contributed by atoms with Crippen molar-refractivity contribution in [3.05, 3.63) is 0 Å². The lowest BCUT2D eigenvalue weighted by Gasteiger charge is -2.06. The number of unbranched alkanes of at least 4 members (excludes halogenated alkanes) is 1. The molecule has 126 valence electrons. The summed E-state index contributed by atoms with van der Waals surface area (Å²) in [5.41, 5.74) is 5.39. The van der Waals surface area contributed by atoms with Gasteiger partial charge in [0.25, 0.3) is 0 Å². The second kappa shape index (κ2) is 17.6. The number of nitrogens with one attached hydrogen (secondary N) is 3. The molecule has 0 radical (unpaired) electrons. The molecule has 0 aliphatic carbocycles. The summed E-state index contributed by atoms with van der Waals surface area (Å²) < 4.78 is 0. The van der Waals surface area contributed by atoms with Crippen LogP contribution in [0.5, 0.6) is 0 Å². The van der Waals surface area contributed by atoms with Gasteiger partial charge < -0.3 is 21.7 Å². The van der Waals surface area contributed by atoms with E-state index >= 15 is 0 Å². The first kappa shape index (κ1) is 22.8. The van der Waals surface area contributed by atoms with Crippen LogP contribution in [0.3, 0.4) is 0 Å². The smallest absolute Gasteiger partial charge is 0.229 e. The molecule has 0 saturated carbocycles. The minimum absolute atomic E-state index is 0. The van der Waals surface area contributed by atoms with Crippen LogP contribution < -0.4 is 21.7 Å². The van der Waals surface area contributed by atoms with Gasteiger partial charge in [-0.3, -0.25) is 9.59 Å². The number of amides is 2. The van der Waals surface area contributed by atoms with Crippen molar-refractivity contribution in [3.63, 3.8) is 0 Å². The third kappa shape index (κ3) is 19.5. The highest BCUT2D eigenvalue weighted by molar-refractivity contribution is 7.99. The number of carbonyl (C=O) groups excluding carboxylic acids is 2. The van der Waals surface area contributed by atoms with Gasteiger partial charge in [0, 0.05) is 25.8 Å². The second-order valence-corrected chi connectivity index (χ2v) is 5.59. The van der Waals surface area contributed by atoms with Crippen LogP contribution in [0.2, 0.25) is 0 Å². The zero-order valence-electron chi connectivity index (χ0n) is 12.8. The molecular formula is C13H29ClN4O2S. The standard InChI is InChI=1S/C13H28N4O2S.ClH/c1-12(18)16-9-10-20-11-13(19)17-8-3-2-6-15-7-4-5-14;/h15H,2-11,14H2,1H3,(H,16,18)(H,17,19);1H. The van der Waals surface area contributed by atoms with Crippen molar-refractivity contribution in [2.45, 2.75) is 26.2 Å². The van der Waals surface area contributed by atoms with Crippen molar-refractivity contribution in [2.24, 2.45) is 5.73 Å². The van der Waals surface area contributed by atoms with Gasteiger partial charge in [0.15, 0.2) is 0 Å². The molecule has 0 aliphatic rings. The number of nitrogens with two attached hydrogens (primary N) is 1. The zero-order chi connectivity index (χ0) is 15.1. The largest absolute Gasteiger partial charge is 0.356 e. The van der Waals surface area contributed by atoms with Crippen LogP contribution >= 0.6 is 24.2 Å². The van der Waals surface area contributed by atoms with Gasteiger partial charge >= 0.3 is 0 Å². The van der Waals surface area contributed by atoms with Crippen molar-refractivity contribution in [3.8, 4) is 0 Å². The maximum atomic E-state index is 11.5. The quantitative estimate of drug-likeness (QED) is 0.357. The number of carbonyl (C=O) groups is 2. The van der Waals surface area contributed by atoms with E-state index in [1.807, 2.05) is 0 Å². The summed E-state index contributed by atoms with van der Waals surface area (Å²) >= 11 is 1.53. The van der Waals surface area contributed by atoms with Crippen molar-refractivity contribution in [2.75, 3.05) is 44.2 Å². The van der Waals surface area contributed by atoms with E-state index in [1.165, 1.54) is 18.7 Å². The van der Waals surface area contributed by atoms with E-state index in [1.54, 1.807) is 0 Å². The average Bonchev–Trinajstić information content (AvgIpc) is 2.41. The Morgan fingerprint density at radius 3 is 2.33 bits per heavy atom. The third-order valence-corrected chi connectivity index (χ3v) is 3.47. The number of hydrogen-bond acceptors (Lipinski definition) is 5. The van der Waals surface area contributed by atoms with E-state index < -0.39 is 0 Å². The van der Waals surface area contributed by atoms with E-state index in [9.17, 15) is 9.59 Å². The molecule has 21 heavy (non-hydrogen) atoms. The molecule has 0 heterocycles. The molecule has 0 aromatic rings. The van der Waals surface area contributed by atoms with E-state index in [0.717, 1.165) is 51.2 Å². The Morgan fingerprint density at radius 1 is 1.00 bits per heavy atom. The first-order chi connectivity index (χ1) is 9.66. The summed E-state index contributed by atoms with van der Waals surface area (Å²) in [7, 11) is 0. The molecule has 0 fully saturated rings. The molecule has 0 saturated heterocycles. The number of halogens is 1. The molecule has 0 spiro atoms. The van der Waals surface area contributed by atoms with E-state index in [2.05, 4.69) is 16.0 Å². The number of hydrogen-bond donors (Lipinski definition) is 4. The summed E-state index contributed by atoms with van der Waals surface area (Å²) in [6.45, 7) is 5.49. The van der Waals surface area contributed by atoms with Crippen LogP contribution in [-0.4, -0.2) is 56.0 Å². The molecular weight excluding hydrogens is 312 g/mol. The van der Waals surface area contributed by atoms with Crippen LogP contribution in [0.15, 0.2) is 0 Å². The van der Waals surface area contributed by atoms with Crippen molar-refractivity contribution < 1.29 is 9.59 Å². The van der Waals surface area contributed by atoms with Gasteiger partial charge in [-0.1, -0.05) is 0 Å². The molecule has 6 nitrogen and oxygen atoms in total. The molecule has 0 rings (SSSR count). The van der Waals surface area contributed by atoms with Gasteiger partial charge in [0.1, 0.15) is 0 Å². The first-order valence-corrected chi connectivity index (χ1v) is 8.32. The molecule has 0 aliphatic heterocycles. The van der Waals surface area contributed by atoms with Crippen LogP contribution in [0.1, 0.15) is 26.2 Å². The second-order valence-electron chi connectivity index (χ2n) is 4.48. The Kier molecular flexibility index (Phi) is 19.0. The molecule has 0 aromatic carbocycles. The highest BCUT2D eigenvalue weighted by Gasteiger charge is 2.00. The van der Waals surface area contributed by atoms with E-state index in [-0.39, 0.29) is 24.2 Å². The van der Waals surface area contributed by atoms with E-state index in [4.69, 9.17) is 5.73 Å². The predicted molar refractivity (Wildman–Crippen MR) is 92.0 cm³/mol. The normalized spacial score (nSPS) is 9.81. The fourth-order valence-corrected chi connectivity index (χ4v) is 2.15. The molecule has 0 aromatic heterocycles. The highest BCUT2D eigenvalue weighted by atomic mass is 35.5. The molecule has 5 N–H and O–H groups in total. The summed E-state index contributed by atoms with van der Waals surface area (Å²) in [5.74, 6) is 1.25. The minimum Gasteiger partial charge on any atom is -0.356 e. The Bertz CT molecular complexity index is 271. The molecule has 0 unspecified atom stereocenters. The number of thioether (sulfide) groups is 1. The maximum absolute atomic E-state index is 11.5. The molecule has 0 bridgehead atoms. The van der Waals surface area contributed by atoms with Gasteiger partial charge in [-0.05, 0) is 38.9 Å². The van der Waals surface area contributed by atoms with Crippen molar-refractivity contribution >= 4 is 36.0 Å². The summed E-state index contributed by atoms with van der Waals surface area (Å²) in [6, 6.07) is 0. The number of rotatable bonds is 13. The summed E-state index contributed by atoms with van der Waals surface area (Å²) in [6.07, 6.45) is 3.05. The lowest BCUT2D eigenvalue weighted by atomic mass is 10.3. The fraction of sp³-hybridized carbons (Fsp3) is 0.846. The van der Waals surface area contributed by atoms with Crippen LogP contribution in [-0.2, 0) is 9.59 Å². The fourth-order valence-electron chi connectivity index (χ4n) is 1.47. The topological polar surface area (TPSA) is 96.2 Å². The average molecular weight is 341 g/mol. The minimum atomic E-state index is -0.0323. The Morgan fingerprint density at radius 2 is 1.67 bits per heavy atom. The van der Waals surface area contributed by atoms with Gasteiger partial charge in [-0.25, -0.2) is 0 Å². The molecule has 2 amide bonds. The van der Waals surface area contributed by atoms with Crippen LogP contribution in [0.4, 0.5) is 0 Å².